The van der Waals surface area contributed by atoms with E-state index in [1.54, 1.807) is 11.8 Å². The van der Waals surface area contributed by atoms with Crippen LogP contribution in [-0.2, 0) is 19.4 Å². The maximum Gasteiger partial charge on any atom is 0.191 e. The first-order valence-corrected chi connectivity index (χ1v) is 10.4. The van der Waals surface area contributed by atoms with Gasteiger partial charge in [-0.3, -0.25) is 0 Å². The van der Waals surface area contributed by atoms with Crippen LogP contribution >= 0.6 is 23.4 Å². The van der Waals surface area contributed by atoms with Crippen LogP contribution < -0.4 is 4.74 Å². The summed E-state index contributed by atoms with van der Waals surface area (Å²) in [5.74, 6) is 2.40. The number of rotatable bonds is 6. The van der Waals surface area contributed by atoms with Gasteiger partial charge in [0.1, 0.15) is 12.4 Å². The number of ether oxygens (including phenoxy) is 1. The van der Waals surface area contributed by atoms with Crippen molar-refractivity contribution in [1.29, 1.82) is 0 Å². The quantitative estimate of drug-likeness (QED) is 0.377. The molecule has 0 aliphatic heterocycles. The molecule has 0 fully saturated rings. The predicted molar refractivity (Wildman–Crippen MR) is 115 cm³/mol. The van der Waals surface area contributed by atoms with Gasteiger partial charge < -0.3 is 9.30 Å². The largest absolute Gasteiger partial charge is 0.485 e. The summed E-state index contributed by atoms with van der Waals surface area (Å²) in [5, 5.41) is 12.6. The highest BCUT2D eigenvalue weighted by Crippen LogP contribution is 2.28. The Morgan fingerprint density at radius 1 is 1.00 bits per heavy atom. The Kier molecular flexibility index (Phi) is 5.55. The normalized spacial score (nSPS) is 11.1. The van der Waals surface area contributed by atoms with Crippen LogP contribution in [0.5, 0.6) is 5.75 Å². The molecule has 0 N–H and O–H groups in total. The number of aryl methyl sites for hydroxylation is 1. The van der Waals surface area contributed by atoms with E-state index in [2.05, 4.69) is 35.3 Å². The standard InChI is InChI=1S/C22H20ClN3OS/c1-15-18-9-5-3-7-16(18)11-12-20(15)27-13-21-24-25-22(26(21)2)28-14-17-8-4-6-10-19(17)23/h3-12H,13-14H2,1-2H3. The molecular weight excluding hydrogens is 390 g/mol. The van der Waals surface area contributed by atoms with E-state index in [-0.39, 0.29) is 0 Å². The van der Waals surface area contributed by atoms with Crippen LogP contribution in [0.2, 0.25) is 5.02 Å². The summed E-state index contributed by atoms with van der Waals surface area (Å²) >= 11 is 7.84. The molecule has 1 aromatic heterocycles. The average molecular weight is 410 g/mol. The molecule has 0 bridgehead atoms. The predicted octanol–water partition coefficient (Wildman–Crippen LogP) is 5.80. The van der Waals surface area contributed by atoms with Crippen molar-refractivity contribution in [3.05, 3.63) is 82.6 Å². The van der Waals surface area contributed by atoms with Gasteiger partial charge in [-0.05, 0) is 41.0 Å². The molecule has 4 nitrogen and oxygen atoms in total. The Bertz CT molecular complexity index is 1130. The molecule has 0 amide bonds. The molecule has 0 aliphatic rings. The number of halogens is 1. The highest BCUT2D eigenvalue weighted by atomic mass is 35.5. The van der Waals surface area contributed by atoms with Gasteiger partial charge in [-0.25, -0.2) is 0 Å². The minimum atomic E-state index is 0.370. The SMILES string of the molecule is Cc1c(OCc2nnc(SCc3ccccc3Cl)n2C)ccc2ccccc12. The van der Waals surface area contributed by atoms with Gasteiger partial charge in [-0.15, -0.1) is 10.2 Å². The fourth-order valence-electron chi connectivity index (χ4n) is 3.06. The van der Waals surface area contributed by atoms with E-state index in [1.807, 2.05) is 54.1 Å². The summed E-state index contributed by atoms with van der Waals surface area (Å²) < 4.78 is 8.02. The molecule has 0 saturated carbocycles. The Morgan fingerprint density at radius 2 is 1.79 bits per heavy atom. The summed E-state index contributed by atoms with van der Waals surface area (Å²) in [6.45, 7) is 2.45. The van der Waals surface area contributed by atoms with Crippen LogP contribution in [0, 0.1) is 6.92 Å². The molecule has 6 heteroatoms. The van der Waals surface area contributed by atoms with Gasteiger partial charge in [0.15, 0.2) is 11.0 Å². The molecule has 0 aliphatic carbocycles. The summed E-state index contributed by atoms with van der Waals surface area (Å²) in [7, 11) is 1.96. The summed E-state index contributed by atoms with van der Waals surface area (Å²) in [4.78, 5) is 0. The molecular formula is C22H20ClN3OS. The van der Waals surface area contributed by atoms with Crippen molar-refractivity contribution in [3.63, 3.8) is 0 Å². The first kappa shape index (κ1) is 18.8. The first-order chi connectivity index (χ1) is 13.6. The van der Waals surface area contributed by atoms with Crippen molar-refractivity contribution in [3.8, 4) is 5.75 Å². The van der Waals surface area contributed by atoms with Crippen molar-refractivity contribution in [2.75, 3.05) is 0 Å². The van der Waals surface area contributed by atoms with Gasteiger partial charge in [0, 0.05) is 17.8 Å². The van der Waals surface area contributed by atoms with Crippen LogP contribution in [0.1, 0.15) is 17.0 Å². The molecule has 0 spiro atoms. The van der Waals surface area contributed by atoms with Crippen LogP contribution in [0.15, 0.2) is 65.8 Å². The monoisotopic (exact) mass is 409 g/mol. The maximum atomic E-state index is 6.23. The number of aromatic nitrogens is 3. The van der Waals surface area contributed by atoms with Crippen LogP contribution in [0.3, 0.4) is 0 Å². The van der Waals surface area contributed by atoms with E-state index in [0.717, 1.165) is 38.6 Å². The molecule has 4 rings (SSSR count). The third-order valence-corrected chi connectivity index (χ3v) is 6.18. The third kappa shape index (κ3) is 3.86. The van der Waals surface area contributed by atoms with Crippen molar-refractivity contribution in [2.45, 2.75) is 24.4 Å². The summed E-state index contributed by atoms with van der Waals surface area (Å²) in [5.41, 5.74) is 2.22. The first-order valence-electron chi connectivity index (χ1n) is 8.99. The average Bonchev–Trinajstić information content (AvgIpc) is 3.07. The lowest BCUT2D eigenvalue weighted by molar-refractivity contribution is 0.289. The van der Waals surface area contributed by atoms with Gasteiger partial charge >= 0.3 is 0 Å². The highest BCUT2D eigenvalue weighted by Gasteiger charge is 2.12. The lowest BCUT2D eigenvalue weighted by Crippen LogP contribution is -2.05. The third-order valence-electron chi connectivity index (χ3n) is 4.75. The fourth-order valence-corrected chi connectivity index (χ4v) is 4.28. The van der Waals surface area contributed by atoms with Gasteiger partial charge in [0.25, 0.3) is 0 Å². The van der Waals surface area contributed by atoms with Gasteiger partial charge in [-0.1, -0.05) is 71.9 Å². The zero-order chi connectivity index (χ0) is 19.5. The fraction of sp³-hybridized carbons (Fsp3) is 0.182. The maximum absolute atomic E-state index is 6.23. The minimum absolute atomic E-state index is 0.370. The molecule has 4 aromatic rings. The highest BCUT2D eigenvalue weighted by molar-refractivity contribution is 7.98. The Morgan fingerprint density at radius 3 is 2.64 bits per heavy atom. The van der Waals surface area contributed by atoms with E-state index >= 15 is 0 Å². The van der Waals surface area contributed by atoms with Crippen molar-refractivity contribution < 1.29 is 4.74 Å². The minimum Gasteiger partial charge on any atom is -0.485 e. The Hall–Kier alpha value is -2.50. The topological polar surface area (TPSA) is 39.9 Å². The van der Waals surface area contributed by atoms with Gasteiger partial charge in [0.05, 0.1) is 0 Å². The molecule has 0 radical (unpaired) electrons. The van der Waals surface area contributed by atoms with E-state index in [4.69, 9.17) is 16.3 Å². The lowest BCUT2D eigenvalue weighted by Gasteiger charge is -2.11. The van der Waals surface area contributed by atoms with Crippen molar-refractivity contribution in [2.24, 2.45) is 7.05 Å². The number of nitrogens with zero attached hydrogens (tertiary/aromatic N) is 3. The van der Waals surface area contributed by atoms with Gasteiger partial charge in [-0.2, -0.15) is 0 Å². The molecule has 3 aromatic carbocycles. The second-order valence-electron chi connectivity index (χ2n) is 6.54. The summed E-state index contributed by atoms with van der Waals surface area (Å²) in [6.07, 6.45) is 0. The number of thioether (sulfide) groups is 1. The Balaban J connectivity index is 1.45. The zero-order valence-electron chi connectivity index (χ0n) is 15.7. The molecule has 0 saturated heterocycles. The molecule has 28 heavy (non-hydrogen) atoms. The number of hydrogen-bond donors (Lipinski definition) is 0. The van der Waals surface area contributed by atoms with E-state index in [9.17, 15) is 0 Å². The molecule has 0 atom stereocenters. The Labute approximate surface area is 173 Å². The lowest BCUT2D eigenvalue weighted by atomic mass is 10.0. The zero-order valence-corrected chi connectivity index (χ0v) is 17.3. The van der Waals surface area contributed by atoms with Crippen molar-refractivity contribution >= 4 is 34.1 Å². The second-order valence-corrected chi connectivity index (χ2v) is 7.89. The molecule has 1 heterocycles. The van der Waals surface area contributed by atoms with Crippen molar-refractivity contribution in [1.82, 2.24) is 14.8 Å². The molecule has 142 valence electrons. The van der Waals surface area contributed by atoms with Crippen LogP contribution in [0.25, 0.3) is 10.8 Å². The molecule has 0 unspecified atom stereocenters. The van der Waals surface area contributed by atoms with Gasteiger partial charge in [0.2, 0.25) is 0 Å². The smallest absolute Gasteiger partial charge is 0.191 e. The van der Waals surface area contributed by atoms with E-state index < -0.39 is 0 Å². The summed E-state index contributed by atoms with van der Waals surface area (Å²) in [6, 6.07) is 20.3. The number of fused-ring (bicyclic) bond motifs is 1. The second kappa shape index (κ2) is 8.25. The van der Waals surface area contributed by atoms with Crippen LogP contribution in [-0.4, -0.2) is 14.8 Å². The van der Waals surface area contributed by atoms with E-state index in [1.165, 1.54) is 10.8 Å². The number of benzene rings is 3. The number of hydrogen-bond acceptors (Lipinski definition) is 4. The van der Waals surface area contributed by atoms with E-state index in [0.29, 0.717) is 6.61 Å². The van der Waals surface area contributed by atoms with Crippen LogP contribution in [0.4, 0.5) is 0 Å².